The van der Waals surface area contributed by atoms with Crippen LogP contribution < -0.4 is 15.8 Å². The number of nitrogens with two attached hydrogens (primary N) is 1. The molecule has 1 aromatic heterocycles. The minimum Gasteiger partial charge on any atom is -0.437 e. The highest BCUT2D eigenvalue weighted by Crippen LogP contribution is 2.32. The Morgan fingerprint density at radius 1 is 1.09 bits per heavy atom. The van der Waals surface area contributed by atoms with Crippen LogP contribution in [0.2, 0.25) is 5.02 Å². The van der Waals surface area contributed by atoms with Gasteiger partial charge in [0.1, 0.15) is 17.8 Å². The van der Waals surface area contributed by atoms with Crippen molar-refractivity contribution in [3.63, 3.8) is 0 Å². The van der Waals surface area contributed by atoms with E-state index in [1.165, 1.54) is 6.33 Å². The Morgan fingerprint density at radius 2 is 1.87 bits per heavy atom. The number of halogens is 1. The molecule has 116 valence electrons. The molecule has 0 saturated heterocycles. The van der Waals surface area contributed by atoms with Crippen LogP contribution in [-0.2, 0) is 0 Å². The summed E-state index contributed by atoms with van der Waals surface area (Å²) >= 11 is 6.01. The Hall–Kier alpha value is -2.79. The lowest BCUT2D eigenvalue weighted by Crippen LogP contribution is -2.03. The van der Waals surface area contributed by atoms with Crippen molar-refractivity contribution in [1.82, 2.24) is 9.97 Å². The zero-order chi connectivity index (χ0) is 16.2. The predicted octanol–water partition coefficient (Wildman–Crippen LogP) is 4.56. The Bertz CT molecular complexity index is 824. The van der Waals surface area contributed by atoms with Gasteiger partial charge < -0.3 is 15.8 Å². The lowest BCUT2D eigenvalue weighted by atomic mass is 10.2. The van der Waals surface area contributed by atoms with Gasteiger partial charge in [0.05, 0.1) is 0 Å². The van der Waals surface area contributed by atoms with Crippen molar-refractivity contribution in [3.8, 4) is 11.6 Å². The summed E-state index contributed by atoms with van der Waals surface area (Å²) < 4.78 is 5.75. The average molecular weight is 327 g/mol. The van der Waals surface area contributed by atoms with Gasteiger partial charge in [-0.2, -0.15) is 4.98 Å². The van der Waals surface area contributed by atoms with Crippen molar-refractivity contribution >= 4 is 28.8 Å². The number of anilines is 3. The molecule has 2 aromatic carbocycles. The number of aromatic nitrogens is 2. The first-order chi connectivity index (χ1) is 11.1. The predicted molar refractivity (Wildman–Crippen MR) is 92.4 cm³/mol. The summed E-state index contributed by atoms with van der Waals surface area (Å²) in [6, 6.07) is 15.0. The molecule has 0 radical (unpaired) electrons. The number of nitrogens with zero attached hydrogens (tertiary/aromatic N) is 2. The Kier molecular flexibility index (Phi) is 4.30. The van der Waals surface area contributed by atoms with Gasteiger partial charge in [-0.25, -0.2) is 4.98 Å². The van der Waals surface area contributed by atoms with Crippen LogP contribution in [0, 0.1) is 6.92 Å². The SMILES string of the molecule is Cc1cc(Oc2ncnc(Nc3ccccc3)c2N)ccc1Cl. The van der Waals surface area contributed by atoms with Crippen LogP contribution in [0.4, 0.5) is 17.2 Å². The molecule has 1 heterocycles. The molecule has 0 fully saturated rings. The summed E-state index contributed by atoms with van der Waals surface area (Å²) in [5, 5.41) is 3.82. The Balaban J connectivity index is 1.86. The molecule has 0 aliphatic heterocycles. The van der Waals surface area contributed by atoms with E-state index < -0.39 is 0 Å². The van der Waals surface area contributed by atoms with E-state index in [-0.39, 0.29) is 0 Å². The van der Waals surface area contributed by atoms with Gasteiger partial charge in [0.15, 0.2) is 5.82 Å². The maximum atomic E-state index is 6.11. The molecule has 0 bridgehead atoms. The van der Waals surface area contributed by atoms with Crippen LogP contribution in [0.3, 0.4) is 0 Å². The van der Waals surface area contributed by atoms with Gasteiger partial charge in [-0.1, -0.05) is 29.8 Å². The highest BCUT2D eigenvalue weighted by atomic mass is 35.5. The molecule has 0 spiro atoms. The van der Waals surface area contributed by atoms with Crippen molar-refractivity contribution < 1.29 is 4.74 Å². The van der Waals surface area contributed by atoms with E-state index in [0.717, 1.165) is 11.3 Å². The van der Waals surface area contributed by atoms with E-state index in [1.54, 1.807) is 12.1 Å². The molecule has 5 nitrogen and oxygen atoms in total. The first-order valence-electron chi connectivity index (χ1n) is 7.00. The van der Waals surface area contributed by atoms with Gasteiger partial charge in [-0.05, 0) is 42.8 Å². The molecule has 0 unspecified atom stereocenters. The maximum absolute atomic E-state index is 6.11. The largest absolute Gasteiger partial charge is 0.437 e. The summed E-state index contributed by atoms with van der Waals surface area (Å²) in [7, 11) is 0. The third kappa shape index (κ3) is 3.52. The standard InChI is InChI=1S/C17H15ClN4O/c1-11-9-13(7-8-14(11)18)23-17-15(19)16(20-10-21-17)22-12-5-3-2-4-6-12/h2-10H,19H2,1H3,(H,20,21,22). The van der Waals surface area contributed by atoms with Gasteiger partial charge in [0.2, 0.25) is 5.88 Å². The van der Waals surface area contributed by atoms with Crippen LogP contribution in [0.5, 0.6) is 11.6 Å². The number of rotatable bonds is 4. The Morgan fingerprint density at radius 3 is 2.61 bits per heavy atom. The van der Waals surface area contributed by atoms with Crippen LogP contribution in [0.25, 0.3) is 0 Å². The third-order valence-electron chi connectivity index (χ3n) is 3.23. The maximum Gasteiger partial charge on any atom is 0.248 e. The Labute approximate surface area is 139 Å². The summed E-state index contributed by atoms with van der Waals surface area (Å²) in [5.41, 5.74) is 8.24. The minimum atomic E-state index is 0.292. The average Bonchev–Trinajstić information content (AvgIpc) is 2.56. The van der Waals surface area contributed by atoms with Crippen LogP contribution >= 0.6 is 11.6 Å². The second-order valence-electron chi connectivity index (χ2n) is 4.95. The van der Waals surface area contributed by atoms with E-state index in [4.69, 9.17) is 22.1 Å². The topological polar surface area (TPSA) is 73.1 Å². The first kappa shape index (κ1) is 15.1. The number of nitrogens with one attached hydrogen (secondary N) is 1. The molecule has 3 aromatic rings. The van der Waals surface area contributed by atoms with Gasteiger partial charge in [0, 0.05) is 10.7 Å². The number of hydrogen-bond donors (Lipinski definition) is 2. The number of nitrogen functional groups attached to an aromatic ring is 1. The van der Waals surface area contributed by atoms with E-state index >= 15 is 0 Å². The van der Waals surface area contributed by atoms with Gasteiger partial charge in [-0.15, -0.1) is 0 Å². The summed E-state index contributed by atoms with van der Waals surface area (Å²) in [4.78, 5) is 8.26. The first-order valence-corrected chi connectivity index (χ1v) is 7.38. The lowest BCUT2D eigenvalue weighted by molar-refractivity contribution is 0.464. The number of aryl methyl sites for hydroxylation is 1. The quantitative estimate of drug-likeness (QED) is 0.735. The zero-order valence-corrected chi connectivity index (χ0v) is 13.2. The monoisotopic (exact) mass is 326 g/mol. The van der Waals surface area contributed by atoms with E-state index in [0.29, 0.717) is 28.2 Å². The molecule has 3 rings (SSSR count). The number of hydrogen-bond acceptors (Lipinski definition) is 5. The minimum absolute atomic E-state index is 0.292. The molecule has 0 saturated carbocycles. The van der Waals surface area contributed by atoms with Gasteiger partial charge >= 0.3 is 0 Å². The van der Waals surface area contributed by atoms with Crippen LogP contribution in [0.1, 0.15) is 5.56 Å². The van der Waals surface area contributed by atoms with Crippen molar-refractivity contribution in [2.24, 2.45) is 0 Å². The molecule has 0 aliphatic rings. The molecule has 0 aliphatic carbocycles. The fourth-order valence-electron chi connectivity index (χ4n) is 2.01. The summed E-state index contributed by atoms with van der Waals surface area (Å²) in [6.45, 7) is 1.90. The molecule has 23 heavy (non-hydrogen) atoms. The second-order valence-corrected chi connectivity index (χ2v) is 5.35. The molecule has 3 N–H and O–H groups in total. The zero-order valence-electron chi connectivity index (χ0n) is 12.5. The number of ether oxygens (including phenoxy) is 1. The molecule has 0 amide bonds. The molecular weight excluding hydrogens is 312 g/mol. The smallest absolute Gasteiger partial charge is 0.248 e. The molecular formula is C17H15ClN4O. The van der Waals surface area contributed by atoms with Crippen LogP contribution in [0.15, 0.2) is 54.9 Å². The van der Waals surface area contributed by atoms with Crippen molar-refractivity contribution in [2.75, 3.05) is 11.1 Å². The van der Waals surface area contributed by atoms with Gasteiger partial charge in [0.25, 0.3) is 0 Å². The number of para-hydroxylation sites is 1. The second kappa shape index (κ2) is 6.54. The highest BCUT2D eigenvalue weighted by molar-refractivity contribution is 6.31. The number of benzene rings is 2. The van der Waals surface area contributed by atoms with Crippen LogP contribution in [-0.4, -0.2) is 9.97 Å². The third-order valence-corrected chi connectivity index (χ3v) is 3.65. The summed E-state index contributed by atoms with van der Waals surface area (Å²) in [5.74, 6) is 1.40. The van der Waals surface area contributed by atoms with E-state index in [9.17, 15) is 0 Å². The molecule has 0 atom stereocenters. The highest BCUT2D eigenvalue weighted by Gasteiger charge is 2.11. The van der Waals surface area contributed by atoms with Crippen molar-refractivity contribution in [3.05, 3.63) is 65.4 Å². The van der Waals surface area contributed by atoms with Crippen molar-refractivity contribution in [1.29, 1.82) is 0 Å². The fraction of sp³-hybridized carbons (Fsp3) is 0.0588. The fourth-order valence-corrected chi connectivity index (χ4v) is 2.13. The normalized spacial score (nSPS) is 10.3. The van der Waals surface area contributed by atoms with E-state index in [2.05, 4.69) is 15.3 Å². The summed E-state index contributed by atoms with van der Waals surface area (Å²) in [6.07, 6.45) is 1.40. The lowest BCUT2D eigenvalue weighted by Gasteiger charge is -2.12. The van der Waals surface area contributed by atoms with Crippen molar-refractivity contribution in [2.45, 2.75) is 6.92 Å². The molecule has 6 heteroatoms. The van der Waals surface area contributed by atoms with Gasteiger partial charge in [-0.3, -0.25) is 0 Å². The van der Waals surface area contributed by atoms with E-state index in [1.807, 2.05) is 43.3 Å².